The first-order valence-corrected chi connectivity index (χ1v) is 6.45. The van der Waals surface area contributed by atoms with Gasteiger partial charge in [0.05, 0.1) is 0 Å². The van der Waals surface area contributed by atoms with E-state index >= 15 is 0 Å². The van der Waals surface area contributed by atoms with Gasteiger partial charge in [-0.1, -0.05) is 47.0 Å². The summed E-state index contributed by atoms with van der Waals surface area (Å²) >= 11 is 0. The van der Waals surface area contributed by atoms with Crippen molar-refractivity contribution in [2.24, 2.45) is 0 Å². The summed E-state index contributed by atoms with van der Waals surface area (Å²) < 4.78 is 25.3. The Kier molecular flexibility index (Phi) is 3.43. The fourth-order valence-corrected chi connectivity index (χ4v) is 2.77. The maximum absolute atomic E-state index is 13.4. The fraction of sp³-hybridized carbons (Fsp3) is 0.0769. The van der Waals surface area contributed by atoms with E-state index in [1.807, 2.05) is 30.3 Å². The lowest BCUT2D eigenvalue weighted by molar-refractivity contribution is 0.589. The number of rotatable bonds is 3. The van der Waals surface area contributed by atoms with Crippen molar-refractivity contribution >= 4 is 13.1 Å². The third kappa shape index (κ3) is 2.53. The van der Waals surface area contributed by atoms with Gasteiger partial charge in [-0.25, -0.2) is 4.39 Å². The van der Waals surface area contributed by atoms with Crippen LogP contribution in [0.5, 0.6) is 0 Å². The third-order valence-corrected chi connectivity index (χ3v) is 3.84. The zero-order valence-electron chi connectivity index (χ0n) is 8.64. The van der Waals surface area contributed by atoms with E-state index in [2.05, 4.69) is 0 Å². The molecular formula is C13H11FOP+. The number of benzene rings is 2. The molecule has 0 heterocycles. The van der Waals surface area contributed by atoms with Crippen LogP contribution >= 0.6 is 7.80 Å². The van der Waals surface area contributed by atoms with Gasteiger partial charge in [0, 0.05) is 5.56 Å². The smallest absolute Gasteiger partial charge is 0.202 e. The van der Waals surface area contributed by atoms with Crippen LogP contribution in [0.15, 0.2) is 54.6 Å². The average molecular weight is 233 g/mol. The first-order valence-electron chi connectivity index (χ1n) is 5.00. The molecule has 1 nitrogen and oxygen atoms in total. The molecule has 3 heteroatoms. The van der Waals surface area contributed by atoms with Gasteiger partial charge in [-0.15, -0.1) is 0 Å². The van der Waals surface area contributed by atoms with Gasteiger partial charge in [-0.3, -0.25) is 0 Å². The Balaban J connectivity index is 2.19. The highest BCUT2D eigenvalue weighted by Crippen LogP contribution is 2.26. The van der Waals surface area contributed by atoms with Crippen LogP contribution < -0.4 is 5.30 Å². The predicted octanol–water partition coefficient (Wildman–Crippen LogP) is 3.48. The minimum absolute atomic E-state index is 0.307. The van der Waals surface area contributed by atoms with Crippen molar-refractivity contribution in [2.75, 3.05) is 0 Å². The summed E-state index contributed by atoms with van der Waals surface area (Å²) in [5.41, 5.74) is 0.965. The lowest BCUT2D eigenvalue weighted by Gasteiger charge is -1.93. The summed E-state index contributed by atoms with van der Waals surface area (Å²) in [5.74, 6) is -0.389. The van der Waals surface area contributed by atoms with Crippen molar-refractivity contribution in [3.8, 4) is 0 Å². The van der Waals surface area contributed by atoms with Crippen molar-refractivity contribution in [1.82, 2.24) is 0 Å². The van der Waals surface area contributed by atoms with Crippen molar-refractivity contribution in [1.29, 1.82) is 0 Å². The molecule has 0 aliphatic rings. The molecule has 2 aromatic rings. The summed E-state index contributed by atoms with van der Waals surface area (Å²) in [5, 5.41) is 0.307. The fourth-order valence-electron chi connectivity index (χ4n) is 1.49. The topological polar surface area (TPSA) is 17.1 Å². The van der Waals surface area contributed by atoms with Gasteiger partial charge in [0.25, 0.3) is 0 Å². The van der Waals surface area contributed by atoms with Gasteiger partial charge in [0.2, 0.25) is 5.30 Å². The van der Waals surface area contributed by atoms with Gasteiger partial charge >= 0.3 is 7.80 Å². The Hall–Kier alpha value is -1.53. The largest absolute Gasteiger partial charge is 0.384 e. The minimum atomic E-state index is -1.70. The third-order valence-electron chi connectivity index (χ3n) is 2.29. The highest BCUT2D eigenvalue weighted by atomic mass is 31.1. The molecule has 16 heavy (non-hydrogen) atoms. The van der Waals surface area contributed by atoms with Crippen molar-refractivity contribution in [2.45, 2.75) is 6.16 Å². The number of hydrogen-bond acceptors (Lipinski definition) is 1. The molecule has 1 atom stereocenters. The quantitative estimate of drug-likeness (QED) is 0.742. The second-order valence-corrected chi connectivity index (χ2v) is 5.03. The lowest BCUT2D eigenvalue weighted by atomic mass is 10.2. The van der Waals surface area contributed by atoms with Crippen LogP contribution in [0, 0.1) is 5.82 Å². The summed E-state index contributed by atoms with van der Waals surface area (Å²) in [7, 11) is -1.70. The summed E-state index contributed by atoms with van der Waals surface area (Å²) in [6.45, 7) is 0. The van der Waals surface area contributed by atoms with Crippen LogP contribution in [-0.2, 0) is 10.7 Å². The van der Waals surface area contributed by atoms with Crippen LogP contribution in [0.1, 0.15) is 5.56 Å². The van der Waals surface area contributed by atoms with E-state index in [0.29, 0.717) is 11.5 Å². The average Bonchev–Trinajstić information content (AvgIpc) is 2.31. The molecule has 0 saturated heterocycles. The number of halogens is 1. The van der Waals surface area contributed by atoms with Gasteiger partial charge in [-0.05, 0) is 12.1 Å². The maximum Gasteiger partial charge on any atom is 0.384 e. The first kappa shape index (κ1) is 11.0. The molecule has 2 aromatic carbocycles. The van der Waals surface area contributed by atoms with Crippen molar-refractivity contribution < 1.29 is 8.96 Å². The normalized spacial score (nSPS) is 11.2. The molecule has 0 spiro atoms. The van der Waals surface area contributed by atoms with E-state index in [9.17, 15) is 8.96 Å². The highest BCUT2D eigenvalue weighted by Gasteiger charge is 2.23. The minimum Gasteiger partial charge on any atom is -0.202 e. The molecule has 0 fully saturated rings. The molecule has 0 aliphatic heterocycles. The lowest BCUT2D eigenvalue weighted by Crippen LogP contribution is -2.02. The van der Waals surface area contributed by atoms with E-state index in [-0.39, 0.29) is 5.82 Å². The maximum atomic E-state index is 13.4. The van der Waals surface area contributed by atoms with Crippen LogP contribution in [-0.4, -0.2) is 0 Å². The Morgan fingerprint density at radius 3 is 2.25 bits per heavy atom. The van der Waals surface area contributed by atoms with Gasteiger partial charge in [-0.2, -0.15) is 0 Å². The summed E-state index contributed by atoms with van der Waals surface area (Å²) in [6, 6.07) is 15.7. The molecular weight excluding hydrogens is 222 g/mol. The molecule has 2 rings (SSSR count). The van der Waals surface area contributed by atoms with E-state index in [1.54, 1.807) is 18.2 Å². The van der Waals surface area contributed by atoms with E-state index < -0.39 is 7.80 Å². The van der Waals surface area contributed by atoms with Gasteiger partial charge < -0.3 is 0 Å². The SMILES string of the molecule is O=[P+](Cc1ccccc1)c1ccccc1F. The number of hydrogen-bond donors (Lipinski definition) is 0. The predicted molar refractivity (Wildman–Crippen MR) is 63.8 cm³/mol. The van der Waals surface area contributed by atoms with Crippen LogP contribution in [0.25, 0.3) is 0 Å². The molecule has 0 aromatic heterocycles. The van der Waals surface area contributed by atoms with Gasteiger partial charge in [0.15, 0.2) is 12.0 Å². The Bertz CT molecular complexity index is 496. The Labute approximate surface area is 94.7 Å². The van der Waals surface area contributed by atoms with Gasteiger partial charge in [0.1, 0.15) is 0 Å². The molecule has 0 bridgehead atoms. The van der Waals surface area contributed by atoms with Crippen LogP contribution in [0.2, 0.25) is 0 Å². The first-order chi connectivity index (χ1) is 7.77. The second kappa shape index (κ2) is 5.00. The molecule has 0 radical (unpaired) electrons. The van der Waals surface area contributed by atoms with E-state index in [1.165, 1.54) is 6.07 Å². The summed E-state index contributed by atoms with van der Waals surface area (Å²) in [6.07, 6.45) is 0.386. The Morgan fingerprint density at radius 2 is 1.56 bits per heavy atom. The monoisotopic (exact) mass is 233 g/mol. The van der Waals surface area contributed by atoms with Crippen molar-refractivity contribution in [3.63, 3.8) is 0 Å². The zero-order valence-corrected chi connectivity index (χ0v) is 9.53. The Morgan fingerprint density at radius 1 is 0.938 bits per heavy atom. The van der Waals surface area contributed by atoms with E-state index in [4.69, 9.17) is 0 Å². The molecule has 1 unspecified atom stereocenters. The van der Waals surface area contributed by atoms with Crippen molar-refractivity contribution in [3.05, 3.63) is 66.0 Å². The highest BCUT2D eigenvalue weighted by molar-refractivity contribution is 7.52. The summed E-state index contributed by atoms with van der Waals surface area (Å²) in [4.78, 5) is 0. The van der Waals surface area contributed by atoms with Crippen LogP contribution in [0.4, 0.5) is 4.39 Å². The molecule has 0 saturated carbocycles. The molecule has 0 aliphatic carbocycles. The second-order valence-electron chi connectivity index (χ2n) is 3.47. The van der Waals surface area contributed by atoms with Crippen LogP contribution in [0.3, 0.4) is 0 Å². The standard InChI is InChI=1S/C13H11FOP/c14-12-8-4-5-9-13(12)16(15)10-11-6-2-1-3-7-11/h1-9H,10H2/q+1. The zero-order chi connectivity index (χ0) is 11.4. The molecule has 0 amide bonds. The molecule has 0 N–H and O–H groups in total. The molecule has 80 valence electrons. The van der Waals surface area contributed by atoms with E-state index in [0.717, 1.165) is 5.56 Å².